The number of benzene rings is 1. The van der Waals surface area contributed by atoms with Gasteiger partial charge in [-0.2, -0.15) is 10.4 Å². The fraction of sp³-hybridized carbons (Fsp3) is 0.133. The van der Waals surface area contributed by atoms with E-state index in [0.29, 0.717) is 28.4 Å². The normalized spacial score (nSPS) is 12.3. The Hall–Kier alpha value is -3.47. The van der Waals surface area contributed by atoms with Crippen molar-refractivity contribution < 1.29 is 4.74 Å². The van der Waals surface area contributed by atoms with Gasteiger partial charge in [-0.15, -0.1) is 5.10 Å². The highest BCUT2D eigenvalue weighted by Crippen LogP contribution is 2.22. The third-order valence-electron chi connectivity index (χ3n) is 3.46. The number of nitrogens with one attached hydrogen (secondary N) is 1. The maximum absolute atomic E-state index is 8.81. The van der Waals surface area contributed by atoms with E-state index in [1.165, 1.54) is 0 Å². The van der Waals surface area contributed by atoms with Crippen molar-refractivity contribution >= 4 is 16.7 Å². The molecule has 0 saturated heterocycles. The van der Waals surface area contributed by atoms with Crippen LogP contribution in [-0.4, -0.2) is 29.8 Å². The Morgan fingerprint density at radius 3 is 2.91 bits per heavy atom. The molecule has 0 radical (unpaired) electrons. The van der Waals surface area contributed by atoms with Crippen LogP contribution in [0.15, 0.2) is 36.8 Å². The first kappa shape index (κ1) is 13.2. The predicted octanol–water partition coefficient (Wildman–Crippen LogP) is 2.01. The summed E-state index contributed by atoms with van der Waals surface area (Å²) in [5.41, 5.74) is 1.93. The molecule has 0 bridgehead atoms. The van der Waals surface area contributed by atoms with Crippen molar-refractivity contribution in [1.82, 2.24) is 29.8 Å². The first-order valence-electron chi connectivity index (χ1n) is 6.96. The van der Waals surface area contributed by atoms with Gasteiger partial charge in [-0.05, 0) is 31.2 Å². The van der Waals surface area contributed by atoms with Crippen molar-refractivity contribution in [3.05, 3.63) is 48.2 Å². The minimum atomic E-state index is -0.343. The zero-order valence-corrected chi connectivity index (χ0v) is 12.1. The summed E-state index contributed by atoms with van der Waals surface area (Å²) in [7, 11) is 0. The molecule has 8 heteroatoms. The summed E-state index contributed by atoms with van der Waals surface area (Å²) in [5.74, 6) is 1.20. The molecule has 0 aliphatic carbocycles. The van der Waals surface area contributed by atoms with Gasteiger partial charge in [-0.25, -0.2) is 14.5 Å². The van der Waals surface area contributed by atoms with Crippen LogP contribution >= 0.6 is 0 Å². The number of nitriles is 1. The number of H-pyrrole nitrogens is 1. The molecule has 1 aromatic carbocycles. The summed E-state index contributed by atoms with van der Waals surface area (Å²) in [6.07, 6.45) is 2.91. The van der Waals surface area contributed by atoms with Crippen LogP contribution in [0.5, 0.6) is 5.75 Å². The summed E-state index contributed by atoms with van der Waals surface area (Å²) < 4.78 is 7.43. The van der Waals surface area contributed by atoms with Gasteiger partial charge in [0.25, 0.3) is 0 Å². The maximum Gasteiger partial charge on any atom is 0.192 e. The van der Waals surface area contributed by atoms with Crippen LogP contribution in [0.3, 0.4) is 0 Å². The lowest BCUT2D eigenvalue weighted by Gasteiger charge is -2.11. The van der Waals surface area contributed by atoms with Gasteiger partial charge >= 0.3 is 0 Å². The van der Waals surface area contributed by atoms with Crippen molar-refractivity contribution in [3.8, 4) is 11.8 Å². The van der Waals surface area contributed by atoms with Gasteiger partial charge in [0.05, 0.1) is 23.2 Å². The van der Waals surface area contributed by atoms with Gasteiger partial charge in [-0.1, -0.05) is 0 Å². The van der Waals surface area contributed by atoms with Gasteiger partial charge in [0.15, 0.2) is 23.2 Å². The molecular weight excluding hydrogens is 294 g/mol. The Morgan fingerprint density at radius 1 is 1.30 bits per heavy atom. The molecule has 0 saturated carbocycles. The third kappa shape index (κ3) is 2.24. The Labute approximate surface area is 130 Å². The minimum Gasteiger partial charge on any atom is -0.483 e. The van der Waals surface area contributed by atoms with Gasteiger partial charge in [0.1, 0.15) is 12.1 Å². The number of nitrogens with zero attached hydrogens (tertiary/aromatic N) is 6. The molecule has 4 rings (SSSR count). The standard InChI is InChI=1S/C15H11N7O/c1-9(23-11-4-2-10(6-16)3-5-11)13-19-15-12-7-18-20-14(12)17-8-22(15)21-13/h2-5,7-9H,1H3,(H,18,20). The Morgan fingerprint density at radius 2 is 2.13 bits per heavy atom. The highest BCUT2D eigenvalue weighted by atomic mass is 16.5. The second kappa shape index (κ2) is 5.06. The van der Waals surface area contributed by atoms with Crippen molar-refractivity contribution in [2.75, 3.05) is 0 Å². The van der Waals surface area contributed by atoms with Gasteiger partial charge in [-0.3, -0.25) is 5.10 Å². The molecular formula is C15H11N7O. The smallest absolute Gasteiger partial charge is 0.192 e. The molecule has 112 valence electrons. The van der Waals surface area contributed by atoms with E-state index in [0.717, 1.165) is 5.39 Å². The summed E-state index contributed by atoms with van der Waals surface area (Å²) in [4.78, 5) is 8.73. The zero-order valence-electron chi connectivity index (χ0n) is 12.1. The van der Waals surface area contributed by atoms with E-state index in [9.17, 15) is 0 Å². The number of ether oxygens (including phenoxy) is 1. The fourth-order valence-electron chi connectivity index (χ4n) is 2.29. The van der Waals surface area contributed by atoms with Crippen molar-refractivity contribution in [2.45, 2.75) is 13.0 Å². The predicted molar refractivity (Wildman–Crippen MR) is 80.6 cm³/mol. The molecule has 1 atom stereocenters. The molecule has 1 unspecified atom stereocenters. The Kier molecular flexibility index (Phi) is 2.91. The van der Waals surface area contributed by atoms with Crippen LogP contribution in [0.4, 0.5) is 0 Å². The monoisotopic (exact) mass is 305 g/mol. The van der Waals surface area contributed by atoms with E-state index in [1.807, 2.05) is 6.92 Å². The number of rotatable bonds is 3. The molecule has 4 aromatic rings. The average Bonchev–Trinajstić information content (AvgIpc) is 3.21. The van der Waals surface area contributed by atoms with Crippen LogP contribution < -0.4 is 4.74 Å². The van der Waals surface area contributed by atoms with Crippen molar-refractivity contribution in [3.63, 3.8) is 0 Å². The van der Waals surface area contributed by atoms with Crippen LogP contribution in [0.2, 0.25) is 0 Å². The van der Waals surface area contributed by atoms with Crippen LogP contribution in [0.25, 0.3) is 16.7 Å². The van der Waals surface area contributed by atoms with Gasteiger partial charge in [0, 0.05) is 0 Å². The average molecular weight is 305 g/mol. The lowest BCUT2D eigenvalue weighted by molar-refractivity contribution is 0.216. The van der Waals surface area contributed by atoms with Crippen LogP contribution in [0.1, 0.15) is 24.4 Å². The number of hydrogen-bond donors (Lipinski definition) is 1. The topological polar surface area (TPSA) is 105 Å². The molecule has 3 aromatic heterocycles. The Balaban J connectivity index is 1.66. The molecule has 23 heavy (non-hydrogen) atoms. The lowest BCUT2D eigenvalue weighted by Crippen LogP contribution is -2.05. The molecule has 1 N–H and O–H groups in total. The van der Waals surface area contributed by atoms with Crippen LogP contribution in [-0.2, 0) is 0 Å². The number of fused-ring (bicyclic) bond motifs is 3. The van der Waals surface area contributed by atoms with Crippen LogP contribution in [0, 0.1) is 11.3 Å². The highest BCUT2D eigenvalue weighted by molar-refractivity contribution is 5.87. The van der Waals surface area contributed by atoms with Crippen molar-refractivity contribution in [2.24, 2.45) is 0 Å². The number of hydrogen-bond acceptors (Lipinski definition) is 6. The van der Waals surface area contributed by atoms with E-state index < -0.39 is 0 Å². The highest BCUT2D eigenvalue weighted by Gasteiger charge is 2.16. The van der Waals surface area contributed by atoms with Crippen molar-refractivity contribution in [1.29, 1.82) is 5.26 Å². The third-order valence-corrected chi connectivity index (χ3v) is 3.46. The fourth-order valence-corrected chi connectivity index (χ4v) is 2.29. The second-order valence-electron chi connectivity index (χ2n) is 5.01. The molecule has 0 spiro atoms. The summed E-state index contributed by atoms with van der Waals surface area (Å²) in [6, 6.07) is 8.99. The molecule has 0 amide bonds. The second-order valence-corrected chi connectivity index (χ2v) is 5.01. The summed E-state index contributed by atoms with van der Waals surface area (Å²) in [6.45, 7) is 1.87. The van der Waals surface area contributed by atoms with E-state index in [2.05, 4.69) is 31.3 Å². The molecule has 3 heterocycles. The Bertz CT molecular complexity index is 1030. The lowest BCUT2D eigenvalue weighted by atomic mass is 10.2. The SMILES string of the molecule is CC(Oc1ccc(C#N)cc1)c1nc2c3cn[nH]c3ncn2n1. The van der Waals surface area contributed by atoms with E-state index >= 15 is 0 Å². The minimum absolute atomic E-state index is 0.343. The number of aromatic nitrogens is 6. The number of aromatic amines is 1. The zero-order chi connectivity index (χ0) is 15.8. The van der Waals surface area contributed by atoms with Gasteiger partial charge < -0.3 is 4.74 Å². The summed E-state index contributed by atoms with van der Waals surface area (Å²) in [5, 5.41) is 20.8. The maximum atomic E-state index is 8.81. The largest absolute Gasteiger partial charge is 0.483 e. The quantitative estimate of drug-likeness (QED) is 0.620. The van der Waals surface area contributed by atoms with E-state index in [4.69, 9.17) is 10.00 Å². The molecule has 8 nitrogen and oxygen atoms in total. The summed E-state index contributed by atoms with van der Waals surface area (Å²) >= 11 is 0. The van der Waals surface area contributed by atoms with E-state index in [1.54, 1.807) is 41.3 Å². The van der Waals surface area contributed by atoms with E-state index in [-0.39, 0.29) is 6.10 Å². The first-order valence-corrected chi connectivity index (χ1v) is 6.96. The molecule has 0 aliphatic heterocycles. The molecule has 0 aliphatic rings. The molecule has 0 fully saturated rings. The van der Waals surface area contributed by atoms with Gasteiger partial charge in [0.2, 0.25) is 0 Å². The first-order chi connectivity index (χ1) is 11.2.